The van der Waals surface area contributed by atoms with E-state index in [4.69, 9.17) is 5.26 Å². The van der Waals surface area contributed by atoms with Crippen LogP contribution in [0.2, 0.25) is 0 Å². The summed E-state index contributed by atoms with van der Waals surface area (Å²) in [6.45, 7) is 10.8. The first-order valence-electron chi connectivity index (χ1n) is 7.50. The lowest BCUT2D eigenvalue weighted by atomic mass is 10.0. The molecular weight excluding hydrogens is 254 g/mol. The number of hydrogen-bond donors (Lipinski definition) is 0. The molecule has 2 aromatic rings. The van der Waals surface area contributed by atoms with Crippen LogP contribution in [0.15, 0.2) is 48.5 Å². The summed E-state index contributed by atoms with van der Waals surface area (Å²) in [5.41, 5.74) is 4.77. The first-order chi connectivity index (χ1) is 9.93. The molecule has 0 saturated heterocycles. The van der Waals surface area contributed by atoms with Crippen LogP contribution in [0.1, 0.15) is 61.8 Å². The quantitative estimate of drug-likeness (QED) is 0.681. The minimum Gasteiger partial charge on any atom is -0.192 e. The van der Waals surface area contributed by atoms with Crippen molar-refractivity contribution in [2.24, 2.45) is 0 Å². The summed E-state index contributed by atoms with van der Waals surface area (Å²) in [6.07, 6.45) is 0. The van der Waals surface area contributed by atoms with Crippen LogP contribution in [-0.4, -0.2) is 0 Å². The van der Waals surface area contributed by atoms with Crippen LogP contribution in [-0.2, 0) is 0 Å². The third-order valence-corrected chi connectivity index (χ3v) is 3.45. The molecule has 2 rings (SSSR count). The highest BCUT2D eigenvalue weighted by molar-refractivity contribution is 5.32. The normalized spacial score (nSPS) is 10.0. The molecule has 0 aliphatic rings. The number of hydrogen-bond acceptors (Lipinski definition) is 1. The van der Waals surface area contributed by atoms with Crippen LogP contribution < -0.4 is 0 Å². The Morgan fingerprint density at radius 2 is 1.10 bits per heavy atom. The molecule has 0 atom stereocenters. The summed E-state index contributed by atoms with van der Waals surface area (Å²) in [4.78, 5) is 0. The van der Waals surface area contributed by atoms with Gasteiger partial charge < -0.3 is 0 Å². The van der Waals surface area contributed by atoms with Gasteiger partial charge in [0.2, 0.25) is 0 Å². The maximum Gasteiger partial charge on any atom is 0.0991 e. The summed E-state index contributed by atoms with van der Waals surface area (Å²) >= 11 is 0. The second kappa shape index (κ2) is 8.27. The molecule has 0 bridgehead atoms. The van der Waals surface area contributed by atoms with Crippen LogP contribution in [0.5, 0.6) is 0 Å². The Hall–Kier alpha value is -2.07. The Balaban J connectivity index is 0.000000211. The summed E-state index contributed by atoms with van der Waals surface area (Å²) in [6, 6.07) is 18.5. The molecule has 0 heterocycles. The maximum atomic E-state index is 8.52. The van der Waals surface area contributed by atoms with Gasteiger partial charge in [-0.1, -0.05) is 69.7 Å². The average molecular weight is 279 g/mol. The molecule has 0 saturated carbocycles. The van der Waals surface area contributed by atoms with Crippen molar-refractivity contribution in [1.29, 1.82) is 5.26 Å². The second-order valence-electron chi connectivity index (χ2n) is 5.95. The maximum absolute atomic E-state index is 8.52. The molecule has 21 heavy (non-hydrogen) atoms. The van der Waals surface area contributed by atoms with Crippen LogP contribution in [0.4, 0.5) is 0 Å². The molecule has 0 unspecified atom stereocenters. The van der Waals surface area contributed by atoms with Crippen molar-refractivity contribution in [2.45, 2.75) is 46.5 Å². The van der Waals surface area contributed by atoms with Crippen LogP contribution >= 0.6 is 0 Å². The topological polar surface area (TPSA) is 23.8 Å². The van der Waals surface area contributed by atoms with E-state index in [0.717, 1.165) is 5.56 Å². The van der Waals surface area contributed by atoms with Crippen molar-refractivity contribution in [3.63, 3.8) is 0 Å². The summed E-state index contributed by atoms with van der Waals surface area (Å²) in [7, 11) is 0. The first kappa shape index (κ1) is 17.0. The Kier molecular flexibility index (Phi) is 6.69. The minimum absolute atomic E-state index is 0.544. The van der Waals surface area contributed by atoms with Crippen molar-refractivity contribution < 1.29 is 0 Å². The lowest BCUT2D eigenvalue weighted by Crippen LogP contribution is -1.85. The van der Waals surface area contributed by atoms with Gasteiger partial charge in [-0.2, -0.15) is 5.26 Å². The number of rotatable bonds is 2. The highest BCUT2D eigenvalue weighted by Gasteiger charge is 1.97. The van der Waals surface area contributed by atoms with Gasteiger partial charge >= 0.3 is 0 Å². The molecule has 0 aliphatic heterocycles. The zero-order valence-electron chi connectivity index (χ0n) is 13.7. The highest BCUT2D eigenvalue weighted by atomic mass is 14.2. The lowest BCUT2D eigenvalue weighted by Gasteiger charge is -2.03. The SMILES string of the molecule is CC(C)c1ccc(C#N)cc1.Cc1ccc(C(C)C)cc1. The number of nitriles is 1. The molecule has 2 aromatic carbocycles. The highest BCUT2D eigenvalue weighted by Crippen LogP contribution is 2.14. The Bertz CT molecular complexity index is 569. The number of aryl methyl sites for hydroxylation is 1. The lowest BCUT2D eigenvalue weighted by molar-refractivity contribution is 0.866. The molecule has 0 fully saturated rings. The van der Waals surface area contributed by atoms with Gasteiger partial charge in [0.05, 0.1) is 11.6 Å². The van der Waals surface area contributed by atoms with E-state index in [1.165, 1.54) is 16.7 Å². The fourth-order valence-electron chi connectivity index (χ4n) is 1.89. The Morgan fingerprint density at radius 3 is 1.43 bits per heavy atom. The van der Waals surface area contributed by atoms with E-state index in [1.807, 2.05) is 24.3 Å². The summed E-state index contributed by atoms with van der Waals surface area (Å²) in [5.74, 6) is 1.20. The van der Waals surface area contributed by atoms with Crippen molar-refractivity contribution in [3.8, 4) is 6.07 Å². The molecule has 110 valence electrons. The van der Waals surface area contributed by atoms with Crippen molar-refractivity contribution in [2.75, 3.05) is 0 Å². The van der Waals surface area contributed by atoms with E-state index in [9.17, 15) is 0 Å². The smallest absolute Gasteiger partial charge is 0.0991 e. The monoisotopic (exact) mass is 279 g/mol. The van der Waals surface area contributed by atoms with Crippen molar-refractivity contribution >= 4 is 0 Å². The van der Waals surface area contributed by atoms with E-state index in [1.54, 1.807) is 0 Å². The van der Waals surface area contributed by atoms with Crippen LogP contribution in [0.3, 0.4) is 0 Å². The number of nitrogens with zero attached hydrogens (tertiary/aromatic N) is 1. The predicted molar refractivity (Wildman–Crippen MR) is 90.5 cm³/mol. The minimum atomic E-state index is 0.544. The Morgan fingerprint density at radius 1 is 0.714 bits per heavy atom. The fourth-order valence-corrected chi connectivity index (χ4v) is 1.89. The molecule has 0 radical (unpaired) electrons. The van der Waals surface area contributed by atoms with E-state index < -0.39 is 0 Å². The van der Waals surface area contributed by atoms with E-state index >= 15 is 0 Å². The molecule has 1 heteroatoms. The van der Waals surface area contributed by atoms with Gasteiger partial charge in [-0.05, 0) is 42.0 Å². The molecule has 0 amide bonds. The second-order valence-corrected chi connectivity index (χ2v) is 5.95. The van der Waals surface area contributed by atoms with Crippen LogP contribution in [0, 0.1) is 18.3 Å². The van der Waals surface area contributed by atoms with Gasteiger partial charge in [0.25, 0.3) is 0 Å². The zero-order chi connectivity index (χ0) is 15.8. The standard InChI is InChI=1S/C10H11N.C10H14/c1-8(2)10-5-3-9(7-11)4-6-10;1-8(2)10-6-4-9(3)5-7-10/h3-6,8H,1-2H3;4-8H,1-3H3. The van der Waals surface area contributed by atoms with Gasteiger partial charge in [0.1, 0.15) is 0 Å². The van der Waals surface area contributed by atoms with E-state index in [2.05, 4.69) is 65.0 Å². The molecule has 0 aliphatic carbocycles. The zero-order valence-corrected chi connectivity index (χ0v) is 13.7. The summed E-state index contributed by atoms with van der Waals surface area (Å²) < 4.78 is 0. The molecular formula is C20H25N. The van der Waals surface area contributed by atoms with Gasteiger partial charge in [0, 0.05) is 0 Å². The first-order valence-corrected chi connectivity index (χ1v) is 7.50. The van der Waals surface area contributed by atoms with Crippen LogP contribution in [0.25, 0.3) is 0 Å². The number of benzene rings is 2. The van der Waals surface area contributed by atoms with Gasteiger partial charge in [-0.25, -0.2) is 0 Å². The average Bonchev–Trinajstić information content (AvgIpc) is 2.48. The summed E-state index contributed by atoms with van der Waals surface area (Å²) in [5, 5.41) is 8.52. The largest absolute Gasteiger partial charge is 0.192 e. The van der Waals surface area contributed by atoms with Gasteiger partial charge in [-0.3, -0.25) is 0 Å². The predicted octanol–water partition coefficient (Wildman–Crippen LogP) is 5.80. The van der Waals surface area contributed by atoms with Gasteiger partial charge in [0.15, 0.2) is 0 Å². The molecule has 1 nitrogen and oxygen atoms in total. The van der Waals surface area contributed by atoms with E-state index in [0.29, 0.717) is 11.8 Å². The fraction of sp³-hybridized carbons (Fsp3) is 0.350. The third kappa shape index (κ3) is 5.83. The molecule has 0 aromatic heterocycles. The van der Waals surface area contributed by atoms with E-state index in [-0.39, 0.29) is 0 Å². The third-order valence-electron chi connectivity index (χ3n) is 3.45. The van der Waals surface area contributed by atoms with Gasteiger partial charge in [-0.15, -0.1) is 0 Å². The Labute approximate surface area is 129 Å². The molecule has 0 N–H and O–H groups in total. The van der Waals surface area contributed by atoms with Crippen molar-refractivity contribution in [1.82, 2.24) is 0 Å². The van der Waals surface area contributed by atoms with Crippen molar-refractivity contribution in [3.05, 3.63) is 70.8 Å². The molecule has 0 spiro atoms.